The van der Waals surface area contributed by atoms with E-state index in [1.165, 1.54) is 12.1 Å². The van der Waals surface area contributed by atoms with Crippen molar-refractivity contribution in [3.05, 3.63) is 28.6 Å². The molecule has 0 saturated heterocycles. The summed E-state index contributed by atoms with van der Waals surface area (Å²) in [6.45, 7) is 0. The molecule has 0 radical (unpaired) electrons. The molecule has 1 amide bonds. The molecule has 0 heterocycles. The molecule has 1 aromatic carbocycles. The lowest BCUT2D eigenvalue weighted by atomic mass is 10.2. The molecular weight excluding hydrogens is 288 g/mol. The van der Waals surface area contributed by atoms with E-state index in [1.54, 1.807) is 0 Å². The first kappa shape index (κ1) is 15.6. The Labute approximate surface area is 115 Å². The Morgan fingerprint density at radius 1 is 1.45 bits per heavy atom. The maximum atomic E-state index is 11.5. The molecular formula is C10H9N4O5S-. The molecule has 20 heavy (non-hydrogen) atoms. The van der Waals surface area contributed by atoms with Gasteiger partial charge in [0, 0.05) is 16.2 Å². The zero-order valence-electron chi connectivity index (χ0n) is 9.98. The van der Waals surface area contributed by atoms with Crippen molar-refractivity contribution in [2.24, 2.45) is 5.11 Å². The molecule has 0 aliphatic rings. The topological polar surface area (TPSA) is 155 Å². The second kappa shape index (κ2) is 7.24. The summed E-state index contributed by atoms with van der Waals surface area (Å²) in [7, 11) is 0. The Balaban J connectivity index is 2.94. The summed E-state index contributed by atoms with van der Waals surface area (Å²) in [5.41, 5.74) is 8.43. The summed E-state index contributed by atoms with van der Waals surface area (Å²) in [4.78, 5) is 24.2. The fourth-order valence-corrected chi connectivity index (χ4v) is 1.67. The second-order valence-corrected chi connectivity index (χ2v) is 4.49. The lowest BCUT2D eigenvalue weighted by Crippen LogP contribution is -2.13. The third-order valence-electron chi connectivity index (χ3n) is 2.15. The number of hydrogen-bond donors (Lipinski definition) is 2. The van der Waals surface area contributed by atoms with E-state index in [1.807, 2.05) is 0 Å². The number of carboxylic acid groups (broad SMARTS) is 1. The van der Waals surface area contributed by atoms with Gasteiger partial charge in [-0.2, -0.15) is 0 Å². The molecule has 1 rings (SSSR count). The van der Waals surface area contributed by atoms with Crippen molar-refractivity contribution in [1.82, 2.24) is 0 Å². The summed E-state index contributed by atoms with van der Waals surface area (Å²) in [5, 5.41) is 14.1. The van der Waals surface area contributed by atoms with Gasteiger partial charge in [0.05, 0.1) is 17.8 Å². The molecule has 1 aromatic rings. The molecule has 10 heteroatoms. The summed E-state index contributed by atoms with van der Waals surface area (Å²) in [6, 6.07) is 3.57. The zero-order chi connectivity index (χ0) is 15.1. The first-order chi connectivity index (χ1) is 9.43. The van der Waals surface area contributed by atoms with Crippen LogP contribution in [0.25, 0.3) is 10.4 Å². The van der Waals surface area contributed by atoms with Gasteiger partial charge in [-0.1, -0.05) is 5.11 Å². The molecule has 0 fully saturated rings. The van der Waals surface area contributed by atoms with Crippen LogP contribution in [0.2, 0.25) is 0 Å². The summed E-state index contributed by atoms with van der Waals surface area (Å²) in [5.74, 6) is -1.70. The van der Waals surface area contributed by atoms with E-state index in [0.717, 1.165) is 6.07 Å². The summed E-state index contributed by atoms with van der Waals surface area (Å²) >= 11 is -2.50. The van der Waals surface area contributed by atoms with E-state index in [0.29, 0.717) is 0 Å². The van der Waals surface area contributed by atoms with Crippen LogP contribution in [0, 0.1) is 0 Å². The lowest BCUT2D eigenvalue weighted by Gasteiger charge is -2.11. The van der Waals surface area contributed by atoms with Crippen LogP contribution >= 0.6 is 0 Å². The van der Waals surface area contributed by atoms with Gasteiger partial charge in [0.15, 0.2) is 0 Å². The van der Waals surface area contributed by atoms with Crippen LogP contribution in [0.1, 0.15) is 12.8 Å². The standard InChI is InChI=1S/C10H10N4O5S/c11-14-13-8-5-6(20(18)19)1-2-7(8)12-9(15)3-4-10(16)17/h1-2,5H,3-4H2,(H,12,15)(H,16,17)(H,18,19)/p-1. The van der Waals surface area contributed by atoms with E-state index in [-0.39, 0.29) is 29.1 Å². The highest BCUT2D eigenvalue weighted by Crippen LogP contribution is 2.27. The zero-order valence-corrected chi connectivity index (χ0v) is 10.8. The minimum absolute atomic E-state index is 0.0714. The van der Waals surface area contributed by atoms with Gasteiger partial charge in [-0.05, 0) is 34.8 Å². The van der Waals surface area contributed by atoms with Gasteiger partial charge in [0.25, 0.3) is 0 Å². The monoisotopic (exact) mass is 297 g/mol. The number of anilines is 1. The van der Waals surface area contributed by atoms with Crippen LogP contribution in [-0.2, 0) is 20.7 Å². The van der Waals surface area contributed by atoms with Crippen molar-refractivity contribution >= 4 is 34.3 Å². The maximum Gasteiger partial charge on any atom is 0.303 e. The molecule has 0 aromatic heterocycles. The smallest absolute Gasteiger partial charge is 0.303 e. The van der Waals surface area contributed by atoms with Crippen LogP contribution in [0.3, 0.4) is 0 Å². The Morgan fingerprint density at radius 3 is 2.70 bits per heavy atom. The number of azide groups is 1. The number of aliphatic carboxylic acids is 1. The van der Waals surface area contributed by atoms with Crippen molar-refractivity contribution in [1.29, 1.82) is 0 Å². The molecule has 2 N–H and O–H groups in total. The molecule has 1 unspecified atom stereocenters. The third-order valence-corrected chi connectivity index (χ3v) is 2.79. The SMILES string of the molecule is [N-]=[N+]=Nc1cc(S(=O)[O-])ccc1NC(=O)CCC(=O)O. The fraction of sp³-hybridized carbons (Fsp3) is 0.200. The van der Waals surface area contributed by atoms with Gasteiger partial charge in [0.1, 0.15) is 0 Å². The first-order valence-corrected chi connectivity index (χ1v) is 6.31. The average molecular weight is 297 g/mol. The quantitative estimate of drug-likeness (QED) is 0.353. The highest BCUT2D eigenvalue weighted by atomic mass is 32.2. The van der Waals surface area contributed by atoms with Gasteiger partial charge < -0.3 is 15.0 Å². The van der Waals surface area contributed by atoms with Gasteiger partial charge >= 0.3 is 5.97 Å². The van der Waals surface area contributed by atoms with E-state index >= 15 is 0 Å². The van der Waals surface area contributed by atoms with E-state index in [9.17, 15) is 18.4 Å². The third kappa shape index (κ3) is 4.69. The van der Waals surface area contributed by atoms with Gasteiger partial charge in [-0.3, -0.25) is 13.8 Å². The van der Waals surface area contributed by atoms with Gasteiger partial charge in [0.2, 0.25) is 5.91 Å². The second-order valence-electron chi connectivity index (χ2n) is 3.55. The number of carboxylic acids is 1. The number of nitrogens with zero attached hydrogens (tertiary/aromatic N) is 3. The van der Waals surface area contributed by atoms with Crippen molar-refractivity contribution in [2.45, 2.75) is 17.7 Å². The molecule has 0 aliphatic heterocycles. The Kier molecular flexibility index (Phi) is 5.66. The van der Waals surface area contributed by atoms with Gasteiger partial charge in [-0.15, -0.1) is 0 Å². The Morgan fingerprint density at radius 2 is 2.15 bits per heavy atom. The number of nitrogens with one attached hydrogen (secondary N) is 1. The minimum Gasteiger partial charge on any atom is -0.768 e. The Hall–Kier alpha value is -2.42. The van der Waals surface area contributed by atoms with E-state index < -0.39 is 23.0 Å². The largest absolute Gasteiger partial charge is 0.768 e. The van der Waals surface area contributed by atoms with Crippen molar-refractivity contribution in [3.63, 3.8) is 0 Å². The number of amides is 1. The molecule has 0 bridgehead atoms. The van der Waals surface area contributed by atoms with Crippen LogP contribution in [0.4, 0.5) is 11.4 Å². The maximum absolute atomic E-state index is 11.5. The summed E-state index contributed by atoms with van der Waals surface area (Å²) < 4.78 is 21.6. The molecule has 0 aliphatic carbocycles. The van der Waals surface area contributed by atoms with E-state index in [2.05, 4.69) is 15.3 Å². The van der Waals surface area contributed by atoms with Crippen LogP contribution in [0.15, 0.2) is 28.2 Å². The number of carbonyl (C=O) groups excluding carboxylic acids is 1. The molecule has 1 atom stereocenters. The number of hydrogen-bond acceptors (Lipinski definition) is 5. The van der Waals surface area contributed by atoms with Crippen molar-refractivity contribution < 1.29 is 23.5 Å². The predicted molar refractivity (Wildman–Crippen MR) is 67.9 cm³/mol. The molecule has 0 spiro atoms. The average Bonchev–Trinajstić information content (AvgIpc) is 2.38. The summed E-state index contributed by atoms with van der Waals surface area (Å²) in [6.07, 6.45) is -0.592. The minimum atomic E-state index is -2.50. The number of rotatable bonds is 6. The lowest BCUT2D eigenvalue weighted by molar-refractivity contribution is -0.138. The molecule has 0 saturated carbocycles. The number of carbonyl (C=O) groups is 2. The van der Waals surface area contributed by atoms with Crippen LogP contribution < -0.4 is 5.32 Å². The first-order valence-electron chi connectivity index (χ1n) is 5.24. The van der Waals surface area contributed by atoms with Crippen LogP contribution in [-0.4, -0.2) is 25.7 Å². The highest BCUT2D eigenvalue weighted by molar-refractivity contribution is 7.79. The molecule has 9 nitrogen and oxygen atoms in total. The highest BCUT2D eigenvalue weighted by Gasteiger charge is 2.09. The van der Waals surface area contributed by atoms with Crippen molar-refractivity contribution in [3.8, 4) is 0 Å². The Bertz CT molecular complexity index is 612. The molecule has 106 valence electrons. The van der Waals surface area contributed by atoms with Crippen LogP contribution in [0.5, 0.6) is 0 Å². The normalized spacial score (nSPS) is 11.2. The van der Waals surface area contributed by atoms with Crippen molar-refractivity contribution in [2.75, 3.05) is 5.32 Å². The van der Waals surface area contributed by atoms with Gasteiger partial charge in [-0.25, -0.2) is 0 Å². The van der Waals surface area contributed by atoms with E-state index in [4.69, 9.17) is 10.6 Å². The number of benzene rings is 1. The predicted octanol–water partition coefficient (Wildman–Crippen LogP) is 1.67. The fourth-order valence-electron chi connectivity index (χ4n) is 1.28.